The van der Waals surface area contributed by atoms with Crippen LogP contribution < -0.4 is 4.90 Å². The summed E-state index contributed by atoms with van der Waals surface area (Å²) in [6.45, 7) is 4.36. The van der Waals surface area contributed by atoms with Gasteiger partial charge < -0.3 is 24.0 Å². The van der Waals surface area contributed by atoms with Crippen LogP contribution >= 0.6 is 0 Å². The Hall–Kier alpha value is -2.35. The van der Waals surface area contributed by atoms with Gasteiger partial charge in [-0.2, -0.15) is 0 Å². The maximum absolute atomic E-state index is 12.8. The van der Waals surface area contributed by atoms with Crippen LogP contribution in [-0.4, -0.2) is 82.8 Å². The van der Waals surface area contributed by atoms with E-state index in [1.165, 1.54) is 0 Å². The van der Waals surface area contributed by atoms with Crippen molar-refractivity contribution in [3.8, 4) is 0 Å². The van der Waals surface area contributed by atoms with Gasteiger partial charge in [0.05, 0.1) is 24.6 Å². The summed E-state index contributed by atoms with van der Waals surface area (Å²) in [7, 11) is 3.91. The monoisotopic (exact) mass is 358 g/mol. The molecule has 2 amide bonds. The average Bonchev–Trinajstić information content (AvgIpc) is 3.09. The van der Waals surface area contributed by atoms with Gasteiger partial charge in [-0.15, -0.1) is 0 Å². The Kier molecular flexibility index (Phi) is 4.67. The molecule has 0 radical (unpaired) electrons. The lowest BCUT2D eigenvalue weighted by molar-refractivity contribution is 0.0414. The largest absolute Gasteiger partial charge is 0.378 e. The summed E-state index contributed by atoms with van der Waals surface area (Å²) in [5, 5.41) is 1.07. The number of likely N-dealkylation sites (N-methyl/N-ethyl adjacent to an activating group) is 1. The number of nitrogens with zero attached hydrogens (tertiary/aromatic N) is 6. The summed E-state index contributed by atoms with van der Waals surface area (Å²) in [6, 6.07) is 2.36. The molecule has 8 nitrogen and oxygen atoms in total. The first-order chi connectivity index (χ1) is 12.6. The molecule has 0 spiro atoms. The molecule has 26 heavy (non-hydrogen) atoms. The molecule has 4 rings (SSSR count). The molecule has 2 aromatic rings. The molecule has 0 saturated carbocycles. The van der Waals surface area contributed by atoms with Crippen molar-refractivity contribution < 1.29 is 9.53 Å². The standard InChI is InChI=1S/C18H26N6O2/c1-21-7-5-15-16(21)19-13-20-17(15)24-6-3-4-14(12-24)22(2)18(25)23-8-10-26-11-9-23/h5,7,13-14H,3-4,6,8-12H2,1-2H3. The maximum atomic E-state index is 12.8. The number of carbonyl (C=O) groups excluding carboxylic acids is 1. The fourth-order valence-corrected chi connectivity index (χ4v) is 3.91. The maximum Gasteiger partial charge on any atom is 0.320 e. The van der Waals surface area contributed by atoms with Crippen molar-refractivity contribution in [1.29, 1.82) is 0 Å². The first kappa shape index (κ1) is 17.1. The first-order valence-corrected chi connectivity index (χ1v) is 9.25. The van der Waals surface area contributed by atoms with E-state index in [1.54, 1.807) is 6.33 Å². The van der Waals surface area contributed by atoms with E-state index in [9.17, 15) is 4.79 Å². The van der Waals surface area contributed by atoms with E-state index in [4.69, 9.17) is 4.74 Å². The van der Waals surface area contributed by atoms with E-state index in [0.29, 0.717) is 26.3 Å². The second-order valence-electron chi connectivity index (χ2n) is 7.10. The lowest BCUT2D eigenvalue weighted by Gasteiger charge is -2.40. The lowest BCUT2D eigenvalue weighted by atomic mass is 10.0. The second kappa shape index (κ2) is 7.11. The molecule has 4 heterocycles. The Bertz CT molecular complexity index is 785. The molecule has 2 saturated heterocycles. The van der Waals surface area contributed by atoms with Crippen LogP contribution in [0, 0.1) is 0 Å². The van der Waals surface area contributed by atoms with Crippen LogP contribution in [0.2, 0.25) is 0 Å². The number of amides is 2. The third-order valence-electron chi connectivity index (χ3n) is 5.47. The third kappa shape index (κ3) is 3.09. The normalized spacial score (nSPS) is 21.2. The Morgan fingerprint density at radius 2 is 2.08 bits per heavy atom. The van der Waals surface area contributed by atoms with Gasteiger partial charge in [-0.3, -0.25) is 0 Å². The fraction of sp³-hybridized carbons (Fsp3) is 0.611. The van der Waals surface area contributed by atoms with Gasteiger partial charge in [-0.25, -0.2) is 14.8 Å². The molecular formula is C18H26N6O2. The number of aryl methyl sites for hydroxylation is 1. The number of fused-ring (bicyclic) bond motifs is 1. The van der Waals surface area contributed by atoms with E-state index in [0.717, 1.165) is 42.8 Å². The van der Waals surface area contributed by atoms with Crippen molar-refractivity contribution in [3.05, 3.63) is 18.6 Å². The second-order valence-corrected chi connectivity index (χ2v) is 7.10. The average molecular weight is 358 g/mol. The predicted molar refractivity (Wildman–Crippen MR) is 99.3 cm³/mol. The van der Waals surface area contributed by atoms with Gasteiger partial charge in [-0.05, 0) is 18.9 Å². The lowest BCUT2D eigenvalue weighted by Crippen LogP contribution is -2.54. The van der Waals surface area contributed by atoms with E-state index in [1.807, 2.05) is 34.7 Å². The molecule has 2 fully saturated rings. The number of urea groups is 1. The van der Waals surface area contributed by atoms with Crippen LogP contribution in [0.4, 0.5) is 10.6 Å². The molecular weight excluding hydrogens is 332 g/mol. The van der Waals surface area contributed by atoms with Crippen LogP contribution in [0.3, 0.4) is 0 Å². The molecule has 0 bridgehead atoms. The van der Waals surface area contributed by atoms with Crippen molar-refractivity contribution in [1.82, 2.24) is 24.3 Å². The van der Waals surface area contributed by atoms with Crippen molar-refractivity contribution in [2.75, 3.05) is 51.3 Å². The number of hydrogen-bond acceptors (Lipinski definition) is 5. The minimum Gasteiger partial charge on any atom is -0.378 e. The summed E-state index contributed by atoms with van der Waals surface area (Å²) < 4.78 is 7.37. The summed E-state index contributed by atoms with van der Waals surface area (Å²) in [5.74, 6) is 0.965. The molecule has 2 aromatic heterocycles. The van der Waals surface area contributed by atoms with Crippen molar-refractivity contribution >= 4 is 22.9 Å². The summed E-state index contributed by atoms with van der Waals surface area (Å²) in [6.07, 6.45) is 5.71. The zero-order valence-corrected chi connectivity index (χ0v) is 15.5. The number of ether oxygens (including phenoxy) is 1. The topological polar surface area (TPSA) is 66.7 Å². The summed E-state index contributed by atoms with van der Waals surface area (Å²) >= 11 is 0. The van der Waals surface area contributed by atoms with Crippen LogP contribution in [0.15, 0.2) is 18.6 Å². The zero-order chi connectivity index (χ0) is 18.1. The van der Waals surface area contributed by atoms with Gasteiger partial charge in [0.25, 0.3) is 0 Å². The Balaban J connectivity index is 1.50. The molecule has 0 aliphatic carbocycles. The molecule has 2 aliphatic rings. The smallest absolute Gasteiger partial charge is 0.320 e. The molecule has 1 unspecified atom stereocenters. The van der Waals surface area contributed by atoms with Gasteiger partial charge in [-0.1, -0.05) is 0 Å². The van der Waals surface area contributed by atoms with Crippen LogP contribution in [0.25, 0.3) is 11.0 Å². The zero-order valence-electron chi connectivity index (χ0n) is 15.5. The Morgan fingerprint density at radius 1 is 1.27 bits per heavy atom. The van der Waals surface area contributed by atoms with Crippen molar-refractivity contribution in [2.45, 2.75) is 18.9 Å². The van der Waals surface area contributed by atoms with Gasteiger partial charge in [0.2, 0.25) is 0 Å². The summed E-state index contributed by atoms with van der Waals surface area (Å²) in [5.41, 5.74) is 0.940. The van der Waals surface area contributed by atoms with Crippen LogP contribution in [0.1, 0.15) is 12.8 Å². The molecule has 140 valence electrons. The molecule has 0 N–H and O–H groups in total. The van der Waals surface area contributed by atoms with E-state index >= 15 is 0 Å². The van der Waals surface area contributed by atoms with Crippen LogP contribution in [0.5, 0.6) is 0 Å². The number of anilines is 1. The minimum atomic E-state index is 0.104. The van der Waals surface area contributed by atoms with Gasteiger partial charge >= 0.3 is 6.03 Å². The van der Waals surface area contributed by atoms with Gasteiger partial charge in [0, 0.05) is 46.5 Å². The SMILES string of the molecule is CN(C(=O)N1CCOCC1)C1CCCN(c2ncnc3c2ccn3C)C1. The highest BCUT2D eigenvalue weighted by Gasteiger charge is 2.30. The Morgan fingerprint density at radius 3 is 2.88 bits per heavy atom. The number of hydrogen-bond donors (Lipinski definition) is 0. The fourth-order valence-electron chi connectivity index (χ4n) is 3.91. The van der Waals surface area contributed by atoms with Crippen molar-refractivity contribution in [2.24, 2.45) is 7.05 Å². The van der Waals surface area contributed by atoms with E-state index < -0.39 is 0 Å². The van der Waals surface area contributed by atoms with Gasteiger partial charge in [0.1, 0.15) is 17.8 Å². The molecule has 2 aliphatic heterocycles. The van der Waals surface area contributed by atoms with Crippen molar-refractivity contribution in [3.63, 3.8) is 0 Å². The summed E-state index contributed by atoms with van der Waals surface area (Å²) in [4.78, 5) is 27.8. The highest BCUT2D eigenvalue weighted by atomic mass is 16.5. The highest BCUT2D eigenvalue weighted by Crippen LogP contribution is 2.27. The number of piperidine rings is 1. The molecule has 8 heteroatoms. The quantitative estimate of drug-likeness (QED) is 0.810. The Labute approximate surface area is 153 Å². The van der Waals surface area contributed by atoms with Gasteiger partial charge in [0.15, 0.2) is 0 Å². The van der Waals surface area contributed by atoms with E-state index in [-0.39, 0.29) is 12.1 Å². The minimum absolute atomic E-state index is 0.104. The number of aromatic nitrogens is 3. The molecule has 1 atom stereocenters. The third-order valence-corrected chi connectivity index (χ3v) is 5.47. The number of rotatable bonds is 2. The van der Waals surface area contributed by atoms with Crippen LogP contribution in [-0.2, 0) is 11.8 Å². The highest BCUT2D eigenvalue weighted by molar-refractivity contribution is 5.88. The molecule has 0 aromatic carbocycles. The number of morpholine rings is 1. The van der Waals surface area contributed by atoms with E-state index in [2.05, 4.69) is 20.9 Å². The predicted octanol–water partition coefficient (Wildman–Crippen LogP) is 1.32. The number of carbonyl (C=O) groups is 1. The first-order valence-electron chi connectivity index (χ1n) is 9.25.